The highest BCUT2D eigenvalue weighted by atomic mass is 32.2. The van der Waals surface area contributed by atoms with Gasteiger partial charge in [0.2, 0.25) is 19.6 Å². The molecule has 0 radical (unpaired) electrons. The Morgan fingerprint density at radius 1 is 0.284 bits per heavy atom. The van der Waals surface area contributed by atoms with Gasteiger partial charge in [0, 0.05) is 45.3 Å². The fraction of sp³-hybridized carbons (Fsp3) is 0.571. The summed E-state index contributed by atoms with van der Waals surface area (Å²) in [6, 6.07) is 45.7. The van der Waals surface area contributed by atoms with Crippen molar-refractivity contribution in [3.05, 3.63) is 158 Å². The molecule has 6 aromatic rings. The Morgan fingerprint density at radius 3 is 0.642 bits per heavy atom. The molecule has 738 valence electrons. The van der Waals surface area contributed by atoms with Crippen LogP contribution in [0.25, 0.3) is 0 Å². The van der Waals surface area contributed by atoms with E-state index in [2.05, 4.69) is 0 Å². The predicted molar refractivity (Wildman–Crippen MR) is 396 cm³/mol. The number of alkyl halides is 32. The molecule has 12 aliphatic rings. The van der Waals surface area contributed by atoms with Crippen LogP contribution >= 0.6 is 0 Å². The molecule has 8 aliphatic carbocycles. The van der Waals surface area contributed by atoms with Crippen molar-refractivity contribution in [3.63, 3.8) is 0 Å². The molecule has 8 bridgehead atoms. The first-order chi connectivity index (χ1) is 61.6. The van der Waals surface area contributed by atoms with E-state index >= 15 is 0 Å². The molecule has 14 nitrogen and oxygen atoms in total. The van der Waals surface area contributed by atoms with Crippen LogP contribution < -0.4 is 18.9 Å². The summed E-state index contributed by atoms with van der Waals surface area (Å²) >= 11 is 0. The molecule has 16 unspecified atom stereocenters. The summed E-state index contributed by atoms with van der Waals surface area (Å²) in [5.41, 5.74) is -21.2. The van der Waals surface area contributed by atoms with Crippen molar-refractivity contribution in [1.82, 2.24) is 0 Å². The highest BCUT2D eigenvalue weighted by molar-refractivity contribution is 7.97. The molecule has 4 heterocycles. The normalized spacial score (nSPS) is 31.3. The van der Waals surface area contributed by atoms with Crippen LogP contribution in [0.15, 0.2) is 187 Å². The Hall–Kier alpha value is -7.36. The second-order valence-corrected chi connectivity index (χ2v) is 42.7. The summed E-state index contributed by atoms with van der Waals surface area (Å²) in [7, 11) is -17.3. The second-order valence-electron chi connectivity index (χ2n) is 35.9. The molecule has 134 heavy (non-hydrogen) atoms. The highest BCUT2D eigenvalue weighted by Crippen LogP contribution is 2.79. The van der Waals surface area contributed by atoms with Gasteiger partial charge in [-0.25, -0.2) is 16.8 Å². The zero-order valence-electron chi connectivity index (χ0n) is 67.7. The Balaban J connectivity index is 0.000000163. The van der Waals surface area contributed by atoms with Crippen LogP contribution in [-0.4, -0.2) is 171 Å². The van der Waals surface area contributed by atoms with E-state index in [1.54, 1.807) is 133 Å². The molecule has 12 fully saturated rings. The van der Waals surface area contributed by atoms with Crippen molar-refractivity contribution in [2.45, 2.75) is 225 Å². The molecule has 0 amide bonds. The van der Waals surface area contributed by atoms with Gasteiger partial charge in [0.25, 0.3) is 22.4 Å². The molecule has 0 aromatic heterocycles. The lowest BCUT2D eigenvalue weighted by Crippen LogP contribution is -2.77. The van der Waals surface area contributed by atoms with Crippen LogP contribution in [0, 0.1) is 69.0 Å². The van der Waals surface area contributed by atoms with E-state index in [0.717, 1.165) is 9.79 Å². The van der Waals surface area contributed by atoms with Gasteiger partial charge in [-0.15, -0.1) is 0 Å². The molecule has 0 spiro atoms. The maximum Gasteiger partial charge on any atom is 0.426 e. The molecule has 50 heteroatoms. The quantitative estimate of drug-likeness (QED) is 0.0335. The van der Waals surface area contributed by atoms with E-state index < -0.39 is 230 Å². The summed E-state index contributed by atoms with van der Waals surface area (Å²) in [6.45, 7) is -0.773. The summed E-state index contributed by atoms with van der Waals surface area (Å²) < 4.78 is 541. The van der Waals surface area contributed by atoms with Crippen LogP contribution in [0.3, 0.4) is 0 Å². The maximum atomic E-state index is 14.1. The topological polar surface area (TPSA) is 188 Å². The van der Waals surface area contributed by atoms with Crippen molar-refractivity contribution in [1.29, 1.82) is 0 Å². The predicted octanol–water partition coefficient (Wildman–Crippen LogP) is 22.3. The molecule has 4 saturated heterocycles. The van der Waals surface area contributed by atoms with E-state index in [4.69, 9.17) is 37.9 Å². The van der Waals surface area contributed by atoms with Crippen molar-refractivity contribution in [2.75, 3.05) is 26.4 Å². The van der Waals surface area contributed by atoms with Gasteiger partial charge in [0.05, 0.1) is 50.8 Å². The number of halogens is 32. The van der Waals surface area contributed by atoms with Gasteiger partial charge in [-0.1, -0.05) is 84.9 Å². The second kappa shape index (κ2) is 32.1. The van der Waals surface area contributed by atoms with Crippen LogP contribution in [-0.2, 0) is 61.0 Å². The first-order valence-electron chi connectivity index (χ1n) is 40.8. The van der Waals surface area contributed by atoms with Crippen LogP contribution in [0.2, 0.25) is 0 Å². The summed E-state index contributed by atoms with van der Waals surface area (Å²) in [5, 5.41) is -14.6. The highest BCUT2D eigenvalue weighted by Gasteiger charge is 2.93. The van der Waals surface area contributed by atoms with E-state index in [-0.39, 0.29) is 77.8 Å². The average Bonchev–Trinajstić information content (AvgIpc) is 1.47. The van der Waals surface area contributed by atoms with Gasteiger partial charge < -0.3 is 47.0 Å². The first kappa shape index (κ1) is 99.6. The minimum atomic E-state index is -7.68. The van der Waals surface area contributed by atoms with Crippen LogP contribution in [0.1, 0.15) is 77.0 Å². The maximum absolute atomic E-state index is 14.1. The SMILES string of the molecule is FC(F)(F)C1(C(F)(F)F)OC2C1C1CCC2(COc2ccccc2[S+](c2ccccc2)c2ccccc2OCC23CCC(C2)C2C3OC2(C(F)(F)F)C(F)(F)F)C1.FC(F)(F)C1(C(F)(F)F)OC2C1C1CCC2(COc2ccccc2[S+](c2ccccc2)c2ccccc2OCC23CCC(C2)C2C3OC2(C(F)(F)F)C(F)(F)F)C1.O=S(=O)([O-])C(F)(F)C(F)(F)C(F)(F)C(F)(F)S(=O)(=O)[O-]. The van der Waals surface area contributed by atoms with Gasteiger partial charge in [0.15, 0.2) is 53.0 Å². The van der Waals surface area contributed by atoms with Crippen molar-refractivity contribution >= 4 is 42.0 Å². The lowest BCUT2D eigenvalue weighted by atomic mass is 9.64. The Labute approximate surface area is 744 Å². The van der Waals surface area contributed by atoms with Crippen molar-refractivity contribution in [2.24, 2.45) is 69.0 Å². The number of hydrogen-bond acceptors (Lipinski definition) is 14. The Bertz CT molecular complexity index is 5000. The molecule has 8 saturated carbocycles. The number of para-hydroxylation sites is 4. The summed E-state index contributed by atoms with van der Waals surface area (Å²) in [6.07, 6.45) is -48.0. The van der Waals surface area contributed by atoms with E-state index in [1.807, 2.05) is 24.3 Å². The molecule has 0 N–H and O–H groups in total. The van der Waals surface area contributed by atoms with Gasteiger partial charge in [-0.3, -0.25) is 0 Å². The smallest absolute Gasteiger partial charge is 0.426 e. The lowest BCUT2D eigenvalue weighted by Gasteiger charge is -2.59. The summed E-state index contributed by atoms with van der Waals surface area (Å²) in [5.74, 6) is -24.5. The van der Waals surface area contributed by atoms with Gasteiger partial charge >= 0.3 is 71.8 Å². The average molecular weight is 2040 g/mol. The number of fused-ring (bicyclic) bond motifs is 20. The minimum absolute atomic E-state index is 0.0840. The molecule has 18 rings (SSSR count). The first-order valence-corrected chi connectivity index (χ1v) is 46.0. The Kier molecular flexibility index (Phi) is 23.9. The monoisotopic (exact) mass is 2040 g/mol. The van der Waals surface area contributed by atoms with Crippen LogP contribution in [0.5, 0.6) is 23.0 Å². The van der Waals surface area contributed by atoms with Gasteiger partial charge in [-0.2, -0.15) is 140 Å². The number of benzene rings is 6. The fourth-order valence-electron chi connectivity index (χ4n) is 23.3. The third-order valence-corrected chi connectivity index (χ3v) is 35.4. The van der Waals surface area contributed by atoms with E-state index in [0.29, 0.717) is 68.3 Å². The number of hydrogen-bond donors (Lipinski definition) is 0. The van der Waals surface area contributed by atoms with Crippen molar-refractivity contribution in [3.8, 4) is 23.0 Å². The fourth-order valence-corrected chi connectivity index (χ4v) is 28.7. The van der Waals surface area contributed by atoms with E-state index in [1.165, 1.54) is 0 Å². The third kappa shape index (κ3) is 14.6. The van der Waals surface area contributed by atoms with Gasteiger partial charge in [-0.05, 0) is 174 Å². The number of ether oxygens (including phenoxy) is 8. The molecule has 16 atom stereocenters. The molecular weight excluding hydrogens is 1970 g/mol. The largest absolute Gasteiger partial charge is 0.743 e. The summed E-state index contributed by atoms with van der Waals surface area (Å²) in [4.78, 5) is 3.98. The molecule has 4 aliphatic heterocycles. The van der Waals surface area contributed by atoms with E-state index in [9.17, 15) is 166 Å². The molecule has 6 aromatic carbocycles. The number of rotatable bonds is 23. The van der Waals surface area contributed by atoms with Crippen LogP contribution in [0.4, 0.5) is 140 Å². The Morgan fingerprint density at radius 2 is 0.463 bits per heavy atom. The zero-order chi connectivity index (χ0) is 98.2. The zero-order valence-corrected chi connectivity index (χ0v) is 71.0. The van der Waals surface area contributed by atoms with Crippen molar-refractivity contribution < 1.29 is 204 Å². The standard InChI is InChI=1S/2C40H35F12O4S.C4H2F8O6S2/c2*41-37(42,43)35(38(44,45)46)29-22-14-16-33(18-22,31(29)55-35)20-53-25-10-4-6-12-27(25)57(24-8-2-1-3-9-24)28-13-7-5-11-26(28)54-21-34-17-15-23(19-34)30-32(34)56-36(30,39(47,48)49)40(50,51)52;5-1(6,3(9,10)19(13,14)15)2(7,8)4(11,12)20(16,17)18/h2*1-13,22-23,29-32H,14-21H2;(H,13,14,15)(H,16,17,18)/q2*+1;/p-2. The molecular formula is C84H70F32O14S4. The minimum Gasteiger partial charge on any atom is -0.743 e. The van der Waals surface area contributed by atoms with Gasteiger partial charge in [0.1, 0.15) is 21.8 Å². The third-order valence-electron chi connectivity index (χ3n) is 29.0. The lowest BCUT2D eigenvalue weighted by molar-refractivity contribution is -0.476.